The number of aromatic amines is 1. The fourth-order valence-electron chi connectivity index (χ4n) is 5.17. The molecule has 4 rings (SSSR count). The largest absolute Gasteiger partial charge is 0.356 e. The van der Waals surface area contributed by atoms with Crippen LogP contribution in [-0.4, -0.2) is 22.3 Å². The highest BCUT2D eigenvalue weighted by Crippen LogP contribution is 2.44. The van der Waals surface area contributed by atoms with Crippen LogP contribution in [0, 0.1) is 5.92 Å². The lowest BCUT2D eigenvalue weighted by atomic mass is 9.79. The molecule has 1 aromatic carbocycles. The molecule has 1 fully saturated rings. The number of rotatable bonds is 6. The fraction of sp³-hybridized carbons (Fsp3) is 0.542. The Morgan fingerprint density at radius 1 is 1.19 bits per heavy atom. The number of unbranched alkanes of at least 4 members (excludes halogenated alkanes) is 4. The Morgan fingerprint density at radius 3 is 2.81 bits per heavy atom. The Bertz CT molecular complexity index is 847. The number of allylic oxidation sites excluding steroid dienone is 1. The van der Waals surface area contributed by atoms with Gasteiger partial charge in [-0.15, -0.1) is 0 Å². The van der Waals surface area contributed by atoms with Crippen molar-refractivity contribution in [1.29, 1.82) is 0 Å². The lowest BCUT2D eigenvalue weighted by Gasteiger charge is -2.43. The molecular weight excluding hydrogens is 332 g/mol. The van der Waals surface area contributed by atoms with Gasteiger partial charge in [0.2, 0.25) is 5.91 Å². The molecule has 27 heavy (non-hydrogen) atoms. The molecule has 2 aliphatic heterocycles. The Hall–Kier alpha value is -2.03. The van der Waals surface area contributed by atoms with E-state index in [1.807, 2.05) is 6.92 Å². The summed E-state index contributed by atoms with van der Waals surface area (Å²) in [7, 11) is 0. The number of piperidine rings is 1. The van der Waals surface area contributed by atoms with Crippen molar-refractivity contribution in [3.63, 3.8) is 0 Å². The van der Waals surface area contributed by atoms with Crippen molar-refractivity contribution in [1.82, 2.24) is 9.88 Å². The second-order valence-electron chi connectivity index (χ2n) is 8.21. The molecule has 0 radical (unpaired) electrons. The van der Waals surface area contributed by atoms with Crippen molar-refractivity contribution < 1.29 is 4.79 Å². The number of benzene rings is 1. The van der Waals surface area contributed by atoms with Gasteiger partial charge in [0.05, 0.1) is 6.04 Å². The van der Waals surface area contributed by atoms with Gasteiger partial charge in [-0.1, -0.05) is 63.3 Å². The van der Waals surface area contributed by atoms with E-state index >= 15 is 0 Å². The maximum Gasteiger partial charge on any atom is 0.250 e. The van der Waals surface area contributed by atoms with Crippen LogP contribution in [0.5, 0.6) is 0 Å². The minimum absolute atomic E-state index is 0.220. The van der Waals surface area contributed by atoms with E-state index in [4.69, 9.17) is 0 Å². The molecule has 0 bridgehead atoms. The van der Waals surface area contributed by atoms with Crippen LogP contribution < -0.4 is 0 Å². The van der Waals surface area contributed by atoms with Gasteiger partial charge in [-0.25, -0.2) is 0 Å². The molecule has 3 nitrogen and oxygen atoms in total. The summed E-state index contributed by atoms with van der Waals surface area (Å²) < 4.78 is 0. The first-order chi connectivity index (χ1) is 13.2. The minimum atomic E-state index is 0.220. The number of amides is 1. The van der Waals surface area contributed by atoms with Crippen molar-refractivity contribution in [2.24, 2.45) is 5.92 Å². The number of para-hydroxylation sites is 1. The quantitative estimate of drug-likeness (QED) is 0.501. The molecule has 3 heteroatoms. The lowest BCUT2D eigenvalue weighted by Crippen LogP contribution is -2.46. The van der Waals surface area contributed by atoms with Gasteiger partial charge in [-0.3, -0.25) is 4.79 Å². The predicted octanol–water partition coefficient (Wildman–Crippen LogP) is 5.92. The van der Waals surface area contributed by atoms with Crippen LogP contribution in [0.15, 0.2) is 35.9 Å². The predicted molar refractivity (Wildman–Crippen MR) is 112 cm³/mol. The number of aromatic nitrogens is 1. The van der Waals surface area contributed by atoms with Gasteiger partial charge >= 0.3 is 0 Å². The lowest BCUT2D eigenvalue weighted by molar-refractivity contribution is -0.133. The molecule has 1 aromatic heterocycles. The van der Waals surface area contributed by atoms with E-state index in [1.165, 1.54) is 54.3 Å². The molecule has 2 aliphatic rings. The topological polar surface area (TPSA) is 36.1 Å². The third-order valence-electron chi connectivity index (χ3n) is 6.58. The summed E-state index contributed by atoms with van der Waals surface area (Å²) >= 11 is 0. The first-order valence-corrected chi connectivity index (χ1v) is 10.8. The highest BCUT2D eigenvalue weighted by Gasteiger charge is 2.41. The van der Waals surface area contributed by atoms with Gasteiger partial charge in [0.25, 0.3) is 0 Å². The van der Waals surface area contributed by atoms with E-state index in [2.05, 4.69) is 47.1 Å². The Balaban J connectivity index is 1.58. The zero-order chi connectivity index (χ0) is 18.8. The molecule has 1 N–H and O–H groups in total. The Morgan fingerprint density at radius 2 is 2.00 bits per heavy atom. The van der Waals surface area contributed by atoms with Gasteiger partial charge in [0.1, 0.15) is 0 Å². The monoisotopic (exact) mass is 364 g/mol. The maximum absolute atomic E-state index is 13.2. The molecule has 0 unspecified atom stereocenters. The minimum Gasteiger partial charge on any atom is -0.356 e. The third kappa shape index (κ3) is 3.33. The maximum atomic E-state index is 13.2. The number of carbonyl (C=O) groups is 1. The molecule has 0 spiro atoms. The number of nitrogens with zero attached hydrogens (tertiary/aromatic N) is 1. The first kappa shape index (κ1) is 18.3. The van der Waals surface area contributed by atoms with Crippen LogP contribution in [0.4, 0.5) is 0 Å². The third-order valence-corrected chi connectivity index (χ3v) is 6.58. The molecule has 0 saturated carbocycles. The van der Waals surface area contributed by atoms with Crippen LogP contribution in [-0.2, 0) is 11.2 Å². The van der Waals surface area contributed by atoms with Gasteiger partial charge < -0.3 is 9.88 Å². The molecule has 1 amide bonds. The first-order valence-electron chi connectivity index (χ1n) is 10.8. The molecule has 0 aliphatic carbocycles. The summed E-state index contributed by atoms with van der Waals surface area (Å²) in [4.78, 5) is 19.0. The summed E-state index contributed by atoms with van der Waals surface area (Å²) in [5.74, 6) is 0.680. The zero-order valence-electron chi connectivity index (χ0n) is 16.8. The average Bonchev–Trinajstić information content (AvgIpc) is 3.07. The van der Waals surface area contributed by atoms with E-state index in [9.17, 15) is 4.79 Å². The van der Waals surface area contributed by atoms with Crippen molar-refractivity contribution >= 4 is 16.8 Å². The standard InChI is InChI=1S/C24H32N2O/c1-3-5-6-7-8-11-17-16-22-23-20(19-12-9-10-13-21(19)25-23)14-15-26(22)24(27)18(17)4-2/h4,9-10,12-13,17,22,25H,3,5-8,11,14-16H2,1-2H3/b18-4+/t17-,22+/m1/s1. The number of carbonyl (C=O) groups excluding carboxylic acids is 1. The number of hydrogen-bond acceptors (Lipinski definition) is 1. The van der Waals surface area contributed by atoms with Crippen LogP contribution in [0.25, 0.3) is 10.9 Å². The van der Waals surface area contributed by atoms with Crippen LogP contribution >= 0.6 is 0 Å². The van der Waals surface area contributed by atoms with E-state index in [1.54, 1.807) is 0 Å². The van der Waals surface area contributed by atoms with Crippen molar-refractivity contribution in [3.05, 3.63) is 47.2 Å². The summed E-state index contributed by atoms with van der Waals surface area (Å²) in [6, 6.07) is 8.80. The van der Waals surface area contributed by atoms with Gasteiger partial charge in [-0.05, 0) is 43.7 Å². The van der Waals surface area contributed by atoms with Gasteiger partial charge in [0.15, 0.2) is 0 Å². The fourth-order valence-corrected chi connectivity index (χ4v) is 5.17. The molecular formula is C24H32N2O. The van der Waals surface area contributed by atoms with Crippen LogP contribution in [0.2, 0.25) is 0 Å². The molecule has 144 valence electrons. The highest BCUT2D eigenvalue weighted by molar-refractivity contribution is 5.96. The average molecular weight is 365 g/mol. The van der Waals surface area contributed by atoms with Crippen molar-refractivity contribution in [2.45, 2.75) is 71.3 Å². The molecule has 3 heterocycles. The zero-order valence-corrected chi connectivity index (χ0v) is 16.8. The Labute approximate surface area is 162 Å². The van der Waals surface area contributed by atoms with Crippen LogP contribution in [0.1, 0.15) is 76.1 Å². The molecule has 2 aromatic rings. The Kier molecular flexibility index (Phi) is 5.38. The second kappa shape index (κ2) is 7.92. The normalized spacial score (nSPS) is 23.7. The molecule has 1 saturated heterocycles. The second-order valence-corrected chi connectivity index (χ2v) is 8.21. The van der Waals surface area contributed by atoms with Gasteiger partial charge in [0, 0.05) is 28.7 Å². The highest BCUT2D eigenvalue weighted by atomic mass is 16.2. The smallest absolute Gasteiger partial charge is 0.250 e. The summed E-state index contributed by atoms with van der Waals surface area (Å²) in [6.07, 6.45) is 11.7. The van der Waals surface area contributed by atoms with E-state index in [0.717, 1.165) is 31.4 Å². The van der Waals surface area contributed by atoms with E-state index < -0.39 is 0 Å². The van der Waals surface area contributed by atoms with Gasteiger partial charge in [-0.2, -0.15) is 0 Å². The van der Waals surface area contributed by atoms with Crippen LogP contribution in [0.3, 0.4) is 0 Å². The number of hydrogen-bond donors (Lipinski definition) is 1. The van der Waals surface area contributed by atoms with Crippen molar-refractivity contribution in [2.75, 3.05) is 6.54 Å². The number of nitrogens with one attached hydrogen (secondary N) is 1. The van der Waals surface area contributed by atoms with E-state index in [-0.39, 0.29) is 11.9 Å². The summed E-state index contributed by atoms with van der Waals surface area (Å²) in [6.45, 7) is 5.14. The van der Waals surface area contributed by atoms with E-state index in [0.29, 0.717) is 5.92 Å². The number of H-pyrrole nitrogens is 1. The summed E-state index contributed by atoms with van der Waals surface area (Å²) in [5, 5.41) is 1.34. The summed E-state index contributed by atoms with van der Waals surface area (Å²) in [5.41, 5.74) is 5.00. The SMILES string of the molecule is C/C=C1/C(=O)N2CCc3c([nH]c4ccccc34)[C@@H]2C[C@H]1CCCCCCC. The van der Waals surface area contributed by atoms with Crippen molar-refractivity contribution in [3.8, 4) is 0 Å². The number of fused-ring (bicyclic) bond motifs is 5. The molecule has 2 atom stereocenters.